The van der Waals surface area contributed by atoms with Gasteiger partial charge in [-0.25, -0.2) is 0 Å². The van der Waals surface area contributed by atoms with Crippen LogP contribution in [0.25, 0.3) is 16.7 Å². The second-order valence-corrected chi connectivity index (χ2v) is 6.37. The maximum absolute atomic E-state index is 12.6. The summed E-state index contributed by atoms with van der Waals surface area (Å²) in [6, 6.07) is 10.8. The van der Waals surface area contributed by atoms with Crippen LogP contribution in [-0.2, 0) is 11.2 Å². The number of aromatic nitrogens is 4. The molecular formula is C20H19N5O4. The minimum atomic E-state index is -0.173. The number of aryl methyl sites for hydroxylation is 1. The van der Waals surface area contributed by atoms with Gasteiger partial charge >= 0.3 is 0 Å². The fourth-order valence-corrected chi connectivity index (χ4v) is 3.09. The molecular weight excluding hydrogens is 374 g/mol. The van der Waals surface area contributed by atoms with E-state index in [1.54, 1.807) is 56.4 Å². The number of benzene rings is 2. The van der Waals surface area contributed by atoms with Gasteiger partial charge in [-0.1, -0.05) is 0 Å². The lowest BCUT2D eigenvalue weighted by molar-refractivity contribution is -0.115. The first-order chi connectivity index (χ1) is 14.1. The molecule has 0 radical (unpaired) electrons. The highest BCUT2D eigenvalue weighted by Gasteiger charge is 2.14. The fraction of sp³-hybridized carbons (Fsp3) is 0.200. The molecule has 2 aromatic carbocycles. The molecule has 0 saturated heterocycles. The Morgan fingerprint density at radius 2 is 2.03 bits per heavy atom. The van der Waals surface area contributed by atoms with Crippen molar-refractivity contribution >= 4 is 22.6 Å². The summed E-state index contributed by atoms with van der Waals surface area (Å²) in [5, 5.41) is 15.3. The molecule has 9 nitrogen and oxygen atoms in total. The number of hydrogen-bond donors (Lipinski definition) is 1. The predicted octanol–water partition coefficient (Wildman–Crippen LogP) is 2.92. The Morgan fingerprint density at radius 1 is 1.17 bits per heavy atom. The summed E-state index contributed by atoms with van der Waals surface area (Å²) in [6.45, 7) is 1.78. The second-order valence-electron chi connectivity index (χ2n) is 6.37. The zero-order valence-corrected chi connectivity index (χ0v) is 16.2. The summed E-state index contributed by atoms with van der Waals surface area (Å²) in [4.78, 5) is 12.6. The van der Waals surface area contributed by atoms with Crippen molar-refractivity contribution in [2.24, 2.45) is 0 Å². The van der Waals surface area contributed by atoms with E-state index in [-0.39, 0.29) is 12.3 Å². The van der Waals surface area contributed by atoms with Crippen LogP contribution in [-0.4, -0.2) is 40.3 Å². The van der Waals surface area contributed by atoms with Gasteiger partial charge in [0.25, 0.3) is 0 Å². The molecule has 0 aliphatic carbocycles. The summed E-state index contributed by atoms with van der Waals surface area (Å²) < 4.78 is 17.7. The molecule has 0 bridgehead atoms. The molecule has 1 amide bonds. The monoisotopic (exact) mass is 393 g/mol. The lowest BCUT2D eigenvalue weighted by Gasteiger charge is -2.11. The Balaban J connectivity index is 1.55. The lowest BCUT2D eigenvalue weighted by atomic mass is 10.1. The fourth-order valence-electron chi connectivity index (χ4n) is 3.09. The summed E-state index contributed by atoms with van der Waals surface area (Å²) >= 11 is 0. The van der Waals surface area contributed by atoms with Crippen LogP contribution in [0.3, 0.4) is 0 Å². The minimum absolute atomic E-state index is 0.171. The number of rotatable bonds is 6. The number of methoxy groups -OCH3 is 2. The maximum Gasteiger partial charge on any atom is 0.228 e. The highest BCUT2D eigenvalue weighted by atomic mass is 16.5. The third kappa shape index (κ3) is 3.62. The Kier molecular flexibility index (Phi) is 4.86. The van der Waals surface area contributed by atoms with Crippen LogP contribution in [0.4, 0.5) is 5.69 Å². The normalized spacial score (nSPS) is 10.9. The van der Waals surface area contributed by atoms with E-state index in [0.717, 1.165) is 10.9 Å². The van der Waals surface area contributed by atoms with Crippen molar-refractivity contribution in [3.05, 3.63) is 54.0 Å². The average molecular weight is 393 g/mol. The molecule has 0 fully saturated rings. The van der Waals surface area contributed by atoms with Crippen LogP contribution in [0.2, 0.25) is 0 Å². The number of tetrazole rings is 1. The van der Waals surface area contributed by atoms with Crippen LogP contribution < -0.4 is 14.8 Å². The molecule has 1 N–H and O–H groups in total. The Hall–Kier alpha value is -3.88. The zero-order valence-electron chi connectivity index (χ0n) is 16.2. The third-order valence-corrected chi connectivity index (χ3v) is 4.53. The van der Waals surface area contributed by atoms with E-state index in [1.165, 1.54) is 0 Å². The van der Waals surface area contributed by atoms with Gasteiger partial charge in [0.15, 0.2) is 5.82 Å². The van der Waals surface area contributed by atoms with E-state index in [9.17, 15) is 4.79 Å². The number of hydrogen-bond acceptors (Lipinski definition) is 7. The van der Waals surface area contributed by atoms with Gasteiger partial charge in [-0.15, -0.1) is 5.10 Å². The van der Waals surface area contributed by atoms with Crippen molar-refractivity contribution < 1.29 is 18.7 Å². The van der Waals surface area contributed by atoms with Crippen molar-refractivity contribution in [3.63, 3.8) is 0 Å². The summed E-state index contributed by atoms with van der Waals surface area (Å²) in [5.74, 6) is 1.72. The molecule has 29 heavy (non-hydrogen) atoms. The van der Waals surface area contributed by atoms with E-state index in [4.69, 9.17) is 13.9 Å². The van der Waals surface area contributed by atoms with Crippen LogP contribution in [0.5, 0.6) is 11.5 Å². The molecule has 9 heteroatoms. The SMILES string of the molecule is COc1ccc2c(CC(=O)Nc3ccc(OC)c(-n4nnnc4C)c3)coc2c1. The second kappa shape index (κ2) is 7.63. The topological polar surface area (TPSA) is 104 Å². The van der Waals surface area contributed by atoms with Gasteiger partial charge in [-0.05, 0) is 47.7 Å². The number of carbonyl (C=O) groups excluding carboxylic acids is 1. The zero-order chi connectivity index (χ0) is 20.4. The quantitative estimate of drug-likeness (QED) is 0.537. The molecule has 0 unspecified atom stereocenters. The van der Waals surface area contributed by atoms with Gasteiger partial charge in [0.05, 0.1) is 26.9 Å². The van der Waals surface area contributed by atoms with Crippen molar-refractivity contribution in [1.29, 1.82) is 0 Å². The molecule has 0 spiro atoms. The number of fused-ring (bicyclic) bond motifs is 1. The number of furan rings is 1. The average Bonchev–Trinajstić information content (AvgIpc) is 3.33. The minimum Gasteiger partial charge on any atom is -0.497 e. The Labute approximate surface area is 166 Å². The molecule has 4 aromatic rings. The lowest BCUT2D eigenvalue weighted by Crippen LogP contribution is -2.14. The smallest absolute Gasteiger partial charge is 0.228 e. The number of carbonyl (C=O) groups is 1. The van der Waals surface area contributed by atoms with E-state index >= 15 is 0 Å². The van der Waals surface area contributed by atoms with Crippen LogP contribution in [0.15, 0.2) is 47.1 Å². The van der Waals surface area contributed by atoms with Gasteiger partial charge in [-0.2, -0.15) is 4.68 Å². The van der Waals surface area contributed by atoms with E-state index in [1.807, 2.05) is 12.1 Å². The first kappa shape index (κ1) is 18.5. The summed E-state index contributed by atoms with van der Waals surface area (Å²) in [6.07, 6.45) is 1.76. The number of ether oxygens (including phenoxy) is 2. The molecule has 0 aliphatic heterocycles. The van der Waals surface area contributed by atoms with E-state index < -0.39 is 0 Å². The van der Waals surface area contributed by atoms with E-state index in [0.29, 0.717) is 34.3 Å². The predicted molar refractivity (Wildman–Crippen MR) is 106 cm³/mol. The number of nitrogens with zero attached hydrogens (tertiary/aromatic N) is 4. The van der Waals surface area contributed by atoms with Crippen LogP contribution in [0, 0.1) is 6.92 Å². The Bertz CT molecular complexity index is 1180. The van der Waals surface area contributed by atoms with Crippen molar-refractivity contribution in [2.75, 3.05) is 19.5 Å². The van der Waals surface area contributed by atoms with Gasteiger partial charge in [-0.3, -0.25) is 4.79 Å². The molecule has 148 valence electrons. The molecule has 4 rings (SSSR count). The van der Waals surface area contributed by atoms with Gasteiger partial charge in [0, 0.05) is 22.7 Å². The van der Waals surface area contributed by atoms with Gasteiger partial charge < -0.3 is 19.2 Å². The van der Waals surface area contributed by atoms with Crippen molar-refractivity contribution in [1.82, 2.24) is 20.2 Å². The molecule has 0 atom stereocenters. The summed E-state index contributed by atoms with van der Waals surface area (Å²) in [7, 11) is 3.16. The number of nitrogens with one attached hydrogen (secondary N) is 1. The van der Waals surface area contributed by atoms with Crippen molar-refractivity contribution in [3.8, 4) is 17.2 Å². The van der Waals surface area contributed by atoms with Crippen LogP contribution in [0.1, 0.15) is 11.4 Å². The first-order valence-electron chi connectivity index (χ1n) is 8.86. The van der Waals surface area contributed by atoms with Gasteiger partial charge in [0.1, 0.15) is 22.8 Å². The van der Waals surface area contributed by atoms with Gasteiger partial charge in [0.2, 0.25) is 5.91 Å². The number of amides is 1. The molecule has 0 aliphatic rings. The van der Waals surface area contributed by atoms with Crippen LogP contribution >= 0.6 is 0 Å². The molecule has 2 heterocycles. The Morgan fingerprint density at radius 3 is 2.76 bits per heavy atom. The maximum atomic E-state index is 12.6. The van der Waals surface area contributed by atoms with E-state index in [2.05, 4.69) is 20.8 Å². The highest BCUT2D eigenvalue weighted by Crippen LogP contribution is 2.28. The van der Waals surface area contributed by atoms with Crippen molar-refractivity contribution in [2.45, 2.75) is 13.3 Å². The summed E-state index contributed by atoms with van der Waals surface area (Å²) in [5.41, 5.74) is 2.71. The first-order valence-corrected chi connectivity index (χ1v) is 8.86. The molecule has 2 aromatic heterocycles. The molecule has 0 saturated carbocycles. The number of anilines is 1. The third-order valence-electron chi connectivity index (χ3n) is 4.53. The highest BCUT2D eigenvalue weighted by molar-refractivity contribution is 5.95. The largest absolute Gasteiger partial charge is 0.497 e. The standard InChI is InChI=1S/C20H19N5O4/c1-12-22-23-24-25(12)17-9-14(4-7-18(17)28-3)21-20(26)8-13-11-29-19-10-15(27-2)5-6-16(13)19/h4-7,9-11H,8H2,1-3H3,(H,21,26).